The lowest BCUT2D eigenvalue weighted by atomic mass is 10.1. The molecule has 1 aromatic heterocycles. The van der Waals surface area contributed by atoms with E-state index in [4.69, 9.17) is 4.74 Å². The van der Waals surface area contributed by atoms with Crippen LogP contribution in [-0.2, 0) is 0 Å². The summed E-state index contributed by atoms with van der Waals surface area (Å²) in [7, 11) is 0. The van der Waals surface area contributed by atoms with Crippen molar-refractivity contribution in [2.45, 2.75) is 77.6 Å². The van der Waals surface area contributed by atoms with Crippen LogP contribution in [0.25, 0.3) is 0 Å². The highest BCUT2D eigenvalue weighted by molar-refractivity contribution is 5.94. The predicted molar refractivity (Wildman–Crippen MR) is 98.9 cm³/mol. The molecule has 3 atom stereocenters. The van der Waals surface area contributed by atoms with Crippen LogP contribution in [0.2, 0.25) is 0 Å². The second-order valence-electron chi connectivity index (χ2n) is 7.69. The first-order valence-corrected chi connectivity index (χ1v) is 9.69. The van der Waals surface area contributed by atoms with Gasteiger partial charge < -0.3 is 9.64 Å². The Morgan fingerprint density at radius 2 is 2.04 bits per heavy atom. The number of aromatic nitrogens is 1. The fourth-order valence-electron chi connectivity index (χ4n) is 4.22. The van der Waals surface area contributed by atoms with E-state index in [0.717, 1.165) is 25.9 Å². The van der Waals surface area contributed by atoms with Crippen molar-refractivity contribution in [3.8, 4) is 5.88 Å². The summed E-state index contributed by atoms with van der Waals surface area (Å²) in [6, 6.07) is 5.26. The quantitative estimate of drug-likeness (QED) is 0.821. The second-order valence-corrected chi connectivity index (χ2v) is 7.69. The number of hydrogen-bond acceptors (Lipinski definition) is 4. The van der Waals surface area contributed by atoms with Gasteiger partial charge in [0.25, 0.3) is 5.91 Å². The molecular formula is C20H31N3O2. The lowest BCUT2D eigenvalue weighted by molar-refractivity contribution is 0.0727. The van der Waals surface area contributed by atoms with Crippen molar-refractivity contribution in [1.29, 1.82) is 0 Å². The van der Waals surface area contributed by atoms with Crippen molar-refractivity contribution in [3.63, 3.8) is 0 Å². The molecule has 1 amide bonds. The van der Waals surface area contributed by atoms with Crippen LogP contribution in [0.1, 0.15) is 63.7 Å². The normalized spacial score (nSPS) is 25.1. The van der Waals surface area contributed by atoms with E-state index in [2.05, 4.69) is 30.7 Å². The van der Waals surface area contributed by atoms with Crippen molar-refractivity contribution in [2.75, 3.05) is 13.1 Å². The highest BCUT2D eigenvalue weighted by Crippen LogP contribution is 2.32. The van der Waals surface area contributed by atoms with Crippen LogP contribution in [0.3, 0.4) is 0 Å². The van der Waals surface area contributed by atoms with Gasteiger partial charge in [0.15, 0.2) is 0 Å². The number of hydrogen-bond donors (Lipinski definition) is 0. The molecule has 0 N–H and O–H groups in total. The SMILES string of the molecule is CCC(C)Oc1cc(C(=O)N2CCC3CCC(C2)N3C(C)C)ccn1. The molecule has 2 aliphatic heterocycles. The van der Waals surface area contributed by atoms with E-state index in [0.29, 0.717) is 29.6 Å². The Morgan fingerprint density at radius 3 is 2.76 bits per heavy atom. The highest BCUT2D eigenvalue weighted by atomic mass is 16.5. The Labute approximate surface area is 151 Å². The lowest BCUT2D eigenvalue weighted by Gasteiger charge is -2.32. The minimum absolute atomic E-state index is 0.103. The fraction of sp³-hybridized carbons (Fsp3) is 0.700. The minimum atomic E-state index is 0.103. The summed E-state index contributed by atoms with van der Waals surface area (Å²) in [6.45, 7) is 10.3. The van der Waals surface area contributed by atoms with Gasteiger partial charge in [-0.15, -0.1) is 0 Å². The molecule has 0 aliphatic carbocycles. The maximum atomic E-state index is 13.0. The number of nitrogens with zero attached hydrogens (tertiary/aromatic N) is 3. The molecule has 138 valence electrons. The van der Waals surface area contributed by atoms with Crippen LogP contribution in [0, 0.1) is 0 Å². The van der Waals surface area contributed by atoms with Gasteiger partial charge in [-0.1, -0.05) is 6.92 Å². The van der Waals surface area contributed by atoms with Gasteiger partial charge in [-0.25, -0.2) is 4.98 Å². The molecule has 2 saturated heterocycles. The molecule has 3 rings (SSSR count). The van der Waals surface area contributed by atoms with Crippen molar-refractivity contribution >= 4 is 5.91 Å². The third-order valence-corrected chi connectivity index (χ3v) is 5.60. The number of carbonyl (C=O) groups excluding carboxylic acids is 1. The minimum Gasteiger partial charge on any atom is -0.475 e. The Kier molecular flexibility index (Phi) is 5.62. The highest BCUT2D eigenvalue weighted by Gasteiger charge is 2.39. The first-order chi connectivity index (χ1) is 12.0. The summed E-state index contributed by atoms with van der Waals surface area (Å²) in [6.07, 6.45) is 6.24. The Hall–Kier alpha value is -1.62. The van der Waals surface area contributed by atoms with E-state index in [1.807, 2.05) is 11.8 Å². The van der Waals surface area contributed by atoms with E-state index in [9.17, 15) is 4.79 Å². The van der Waals surface area contributed by atoms with Crippen molar-refractivity contribution < 1.29 is 9.53 Å². The number of rotatable bonds is 5. The van der Waals surface area contributed by atoms with Crippen LogP contribution < -0.4 is 4.74 Å². The Morgan fingerprint density at radius 1 is 1.28 bits per heavy atom. The molecule has 25 heavy (non-hydrogen) atoms. The summed E-state index contributed by atoms with van der Waals surface area (Å²) in [4.78, 5) is 21.9. The Bertz CT molecular complexity index is 604. The average molecular weight is 345 g/mol. The largest absolute Gasteiger partial charge is 0.475 e. The topological polar surface area (TPSA) is 45.7 Å². The number of pyridine rings is 1. The van der Waals surface area contributed by atoms with Gasteiger partial charge in [-0.05, 0) is 52.5 Å². The zero-order valence-electron chi connectivity index (χ0n) is 15.9. The van der Waals surface area contributed by atoms with Gasteiger partial charge in [-0.2, -0.15) is 0 Å². The predicted octanol–water partition coefficient (Wildman–Crippen LogP) is 3.35. The molecule has 5 heteroatoms. The van der Waals surface area contributed by atoms with Gasteiger partial charge in [0.05, 0.1) is 6.10 Å². The fourth-order valence-corrected chi connectivity index (χ4v) is 4.22. The molecule has 2 bridgehead atoms. The third kappa shape index (κ3) is 3.97. The van der Waals surface area contributed by atoms with Crippen LogP contribution >= 0.6 is 0 Å². The van der Waals surface area contributed by atoms with E-state index in [-0.39, 0.29) is 12.0 Å². The first-order valence-electron chi connectivity index (χ1n) is 9.69. The standard InChI is InChI=1S/C20H31N3O2/c1-5-15(4)25-19-12-16(8-10-21-19)20(24)22-11-9-17-6-7-18(13-22)23(17)14(2)3/h8,10,12,14-15,17-18H,5-7,9,11,13H2,1-4H3. The van der Waals surface area contributed by atoms with Gasteiger partial charge in [0.1, 0.15) is 0 Å². The van der Waals surface area contributed by atoms with E-state index in [1.165, 1.54) is 12.8 Å². The summed E-state index contributed by atoms with van der Waals surface area (Å²) in [5.74, 6) is 0.646. The molecule has 1 aromatic rings. The molecule has 0 spiro atoms. The first kappa shape index (κ1) is 18.2. The van der Waals surface area contributed by atoms with Crippen LogP contribution in [-0.4, -0.2) is 58.0 Å². The molecule has 0 radical (unpaired) electrons. The van der Waals surface area contributed by atoms with Gasteiger partial charge in [0, 0.05) is 49.0 Å². The molecule has 3 heterocycles. The van der Waals surface area contributed by atoms with E-state index < -0.39 is 0 Å². The number of likely N-dealkylation sites (tertiary alicyclic amines) is 1. The second kappa shape index (κ2) is 7.73. The van der Waals surface area contributed by atoms with Crippen molar-refractivity contribution in [2.24, 2.45) is 0 Å². The zero-order chi connectivity index (χ0) is 18.0. The molecule has 3 unspecified atom stereocenters. The average Bonchev–Trinajstić information content (AvgIpc) is 2.89. The van der Waals surface area contributed by atoms with Gasteiger partial charge in [-0.3, -0.25) is 9.69 Å². The van der Waals surface area contributed by atoms with Gasteiger partial charge >= 0.3 is 0 Å². The number of carbonyl (C=O) groups is 1. The lowest BCUT2D eigenvalue weighted by Crippen LogP contribution is -2.44. The molecule has 2 fully saturated rings. The summed E-state index contributed by atoms with van der Waals surface area (Å²) in [5.41, 5.74) is 0.683. The Balaban J connectivity index is 1.72. The number of amides is 1. The van der Waals surface area contributed by atoms with Gasteiger partial charge in [0.2, 0.25) is 5.88 Å². The van der Waals surface area contributed by atoms with Crippen LogP contribution in [0.5, 0.6) is 5.88 Å². The van der Waals surface area contributed by atoms with E-state index >= 15 is 0 Å². The molecule has 0 saturated carbocycles. The molecule has 0 aromatic carbocycles. The number of fused-ring (bicyclic) bond motifs is 2. The maximum Gasteiger partial charge on any atom is 0.254 e. The van der Waals surface area contributed by atoms with Crippen molar-refractivity contribution in [1.82, 2.24) is 14.8 Å². The monoisotopic (exact) mass is 345 g/mol. The van der Waals surface area contributed by atoms with Crippen LogP contribution in [0.15, 0.2) is 18.3 Å². The molecule has 5 nitrogen and oxygen atoms in total. The summed E-state index contributed by atoms with van der Waals surface area (Å²) < 4.78 is 5.77. The number of ether oxygens (including phenoxy) is 1. The van der Waals surface area contributed by atoms with Crippen molar-refractivity contribution in [3.05, 3.63) is 23.9 Å². The summed E-state index contributed by atoms with van der Waals surface area (Å²) in [5, 5.41) is 0. The van der Waals surface area contributed by atoms with Crippen LogP contribution in [0.4, 0.5) is 0 Å². The molecular weight excluding hydrogens is 314 g/mol. The van der Waals surface area contributed by atoms with E-state index in [1.54, 1.807) is 18.3 Å². The summed E-state index contributed by atoms with van der Waals surface area (Å²) >= 11 is 0. The molecule has 2 aliphatic rings. The zero-order valence-corrected chi connectivity index (χ0v) is 15.9. The smallest absolute Gasteiger partial charge is 0.254 e. The maximum absolute atomic E-state index is 13.0. The third-order valence-electron chi connectivity index (χ3n) is 5.60.